The summed E-state index contributed by atoms with van der Waals surface area (Å²) in [6.45, 7) is 2.86. The Balaban J connectivity index is 1.94. The van der Waals surface area contributed by atoms with E-state index in [0.717, 1.165) is 18.7 Å². The van der Waals surface area contributed by atoms with E-state index >= 15 is 0 Å². The summed E-state index contributed by atoms with van der Waals surface area (Å²) in [5.41, 5.74) is 7.33. The van der Waals surface area contributed by atoms with Gasteiger partial charge in [-0.05, 0) is 17.7 Å². The lowest BCUT2D eigenvalue weighted by Crippen LogP contribution is -2.35. The summed E-state index contributed by atoms with van der Waals surface area (Å²) < 4.78 is 0. The molecule has 0 amide bonds. The van der Waals surface area contributed by atoms with Gasteiger partial charge in [0.05, 0.1) is 6.10 Å². The van der Waals surface area contributed by atoms with Crippen molar-refractivity contribution in [3.63, 3.8) is 0 Å². The molecule has 16 heavy (non-hydrogen) atoms. The molecule has 3 N–H and O–H groups in total. The lowest BCUT2D eigenvalue weighted by molar-refractivity contribution is 0.119. The van der Waals surface area contributed by atoms with Crippen LogP contribution >= 0.6 is 11.8 Å². The van der Waals surface area contributed by atoms with Crippen molar-refractivity contribution in [2.45, 2.75) is 6.10 Å². The molecule has 1 saturated heterocycles. The number of nitrogens with zero attached hydrogens (tertiary/aromatic N) is 1. The molecular weight excluding hydrogens is 220 g/mol. The van der Waals surface area contributed by atoms with Crippen molar-refractivity contribution >= 4 is 17.4 Å². The molecule has 1 fully saturated rings. The number of anilines is 1. The van der Waals surface area contributed by atoms with E-state index in [1.807, 2.05) is 36.0 Å². The molecule has 1 aliphatic rings. The van der Waals surface area contributed by atoms with Crippen LogP contribution in [0.25, 0.3) is 0 Å². The number of thioether (sulfide) groups is 1. The number of β-amino-alcohol motifs (C(OH)–C–C–N with tert-alkyl or cyclic N) is 1. The van der Waals surface area contributed by atoms with Gasteiger partial charge in [0.2, 0.25) is 0 Å². The largest absolute Gasteiger partial charge is 0.399 e. The highest BCUT2D eigenvalue weighted by atomic mass is 32.2. The SMILES string of the molecule is Nc1cccc(C(O)CN2CCSCC2)c1. The molecule has 0 saturated carbocycles. The minimum Gasteiger partial charge on any atom is -0.399 e. The van der Waals surface area contributed by atoms with Gasteiger partial charge in [-0.3, -0.25) is 4.90 Å². The molecule has 0 spiro atoms. The van der Waals surface area contributed by atoms with Crippen LogP contribution in [0.15, 0.2) is 24.3 Å². The van der Waals surface area contributed by atoms with Crippen LogP contribution in [0.2, 0.25) is 0 Å². The van der Waals surface area contributed by atoms with Crippen LogP contribution in [0.1, 0.15) is 11.7 Å². The maximum Gasteiger partial charge on any atom is 0.0917 e. The Bertz CT molecular complexity index is 340. The zero-order valence-electron chi connectivity index (χ0n) is 9.30. The van der Waals surface area contributed by atoms with Crippen molar-refractivity contribution in [2.75, 3.05) is 36.9 Å². The van der Waals surface area contributed by atoms with E-state index in [2.05, 4.69) is 4.90 Å². The second kappa shape index (κ2) is 5.57. The first-order valence-electron chi connectivity index (χ1n) is 5.59. The molecular formula is C12H18N2OS. The number of hydrogen-bond donors (Lipinski definition) is 2. The molecule has 1 atom stereocenters. The molecule has 88 valence electrons. The number of nitrogens with two attached hydrogens (primary N) is 1. The fraction of sp³-hybridized carbons (Fsp3) is 0.500. The zero-order valence-corrected chi connectivity index (χ0v) is 10.1. The maximum atomic E-state index is 10.1. The van der Waals surface area contributed by atoms with Crippen LogP contribution in [-0.4, -0.2) is 41.1 Å². The highest BCUT2D eigenvalue weighted by Crippen LogP contribution is 2.18. The quantitative estimate of drug-likeness (QED) is 0.781. The lowest BCUT2D eigenvalue weighted by atomic mass is 10.1. The smallest absolute Gasteiger partial charge is 0.0917 e. The number of rotatable bonds is 3. The Labute approximate surface area is 101 Å². The maximum absolute atomic E-state index is 10.1. The summed E-state index contributed by atoms with van der Waals surface area (Å²) in [5, 5.41) is 10.1. The Kier molecular flexibility index (Phi) is 4.09. The topological polar surface area (TPSA) is 49.5 Å². The summed E-state index contributed by atoms with van der Waals surface area (Å²) in [4.78, 5) is 2.31. The molecule has 2 rings (SSSR count). The van der Waals surface area contributed by atoms with E-state index in [0.29, 0.717) is 12.2 Å². The first kappa shape index (κ1) is 11.8. The summed E-state index contributed by atoms with van der Waals surface area (Å²) in [6, 6.07) is 7.51. The predicted molar refractivity (Wildman–Crippen MR) is 69.6 cm³/mol. The molecule has 1 aromatic rings. The van der Waals surface area contributed by atoms with Gasteiger partial charge >= 0.3 is 0 Å². The van der Waals surface area contributed by atoms with E-state index in [4.69, 9.17) is 5.73 Å². The van der Waals surface area contributed by atoms with Gasteiger partial charge in [-0.15, -0.1) is 0 Å². The van der Waals surface area contributed by atoms with E-state index in [1.54, 1.807) is 0 Å². The molecule has 0 bridgehead atoms. The average Bonchev–Trinajstić information content (AvgIpc) is 2.30. The highest BCUT2D eigenvalue weighted by molar-refractivity contribution is 7.99. The average molecular weight is 238 g/mol. The van der Waals surface area contributed by atoms with Crippen molar-refractivity contribution in [1.29, 1.82) is 0 Å². The zero-order chi connectivity index (χ0) is 11.4. The second-order valence-corrected chi connectivity index (χ2v) is 5.32. The van der Waals surface area contributed by atoms with Crippen LogP contribution in [-0.2, 0) is 0 Å². The lowest BCUT2D eigenvalue weighted by Gasteiger charge is -2.28. The number of aliphatic hydroxyl groups excluding tert-OH is 1. The molecule has 0 aromatic heterocycles. The highest BCUT2D eigenvalue weighted by Gasteiger charge is 2.15. The Morgan fingerprint density at radius 1 is 1.38 bits per heavy atom. The molecule has 0 aliphatic carbocycles. The molecule has 1 aliphatic heterocycles. The summed E-state index contributed by atoms with van der Waals surface area (Å²) in [7, 11) is 0. The van der Waals surface area contributed by atoms with Crippen LogP contribution in [0.3, 0.4) is 0 Å². The first-order chi connectivity index (χ1) is 7.75. The Morgan fingerprint density at radius 2 is 2.12 bits per heavy atom. The van der Waals surface area contributed by atoms with E-state index in [9.17, 15) is 5.11 Å². The number of benzene rings is 1. The van der Waals surface area contributed by atoms with Gasteiger partial charge in [0, 0.05) is 36.8 Å². The number of aliphatic hydroxyl groups is 1. The summed E-state index contributed by atoms with van der Waals surface area (Å²) in [5.74, 6) is 2.34. The van der Waals surface area contributed by atoms with Gasteiger partial charge in [0.1, 0.15) is 0 Å². The van der Waals surface area contributed by atoms with Crippen molar-refractivity contribution in [1.82, 2.24) is 4.90 Å². The fourth-order valence-electron chi connectivity index (χ4n) is 1.90. The van der Waals surface area contributed by atoms with E-state index < -0.39 is 6.10 Å². The molecule has 1 aromatic carbocycles. The third kappa shape index (κ3) is 3.14. The minimum atomic E-state index is -0.424. The predicted octanol–water partition coefficient (Wildman–Crippen LogP) is 1.35. The molecule has 1 unspecified atom stereocenters. The van der Waals surface area contributed by atoms with Crippen LogP contribution in [0.4, 0.5) is 5.69 Å². The Morgan fingerprint density at radius 3 is 2.81 bits per heavy atom. The molecule has 4 heteroatoms. The van der Waals surface area contributed by atoms with E-state index in [-0.39, 0.29) is 0 Å². The molecule has 0 radical (unpaired) electrons. The van der Waals surface area contributed by atoms with Crippen molar-refractivity contribution < 1.29 is 5.11 Å². The first-order valence-corrected chi connectivity index (χ1v) is 6.75. The fourth-order valence-corrected chi connectivity index (χ4v) is 2.88. The van der Waals surface area contributed by atoms with Gasteiger partial charge in [-0.2, -0.15) is 11.8 Å². The third-order valence-corrected chi connectivity index (χ3v) is 3.77. The van der Waals surface area contributed by atoms with Gasteiger partial charge in [-0.1, -0.05) is 12.1 Å². The Hall–Kier alpha value is -0.710. The van der Waals surface area contributed by atoms with Crippen molar-refractivity contribution in [3.05, 3.63) is 29.8 Å². The number of nitrogen functional groups attached to an aromatic ring is 1. The standard InChI is InChI=1S/C12H18N2OS/c13-11-3-1-2-10(8-11)12(15)9-14-4-6-16-7-5-14/h1-3,8,12,15H,4-7,9,13H2. The van der Waals surface area contributed by atoms with Gasteiger partial charge in [0.25, 0.3) is 0 Å². The van der Waals surface area contributed by atoms with Crippen molar-refractivity contribution in [3.8, 4) is 0 Å². The van der Waals surface area contributed by atoms with Crippen LogP contribution in [0, 0.1) is 0 Å². The summed E-state index contributed by atoms with van der Waals surface area (Å²) in [6.07, 6.45) is -0.424. The minimum absolute atomic E-state index is 0.424. The summed E-state index contributed by atoms with van der Waals surface area (Å²) >= 11 is 1.98. The molecule has 1 heterocycles. The second-order valence-electron chi connectivity index (χ2n) is 4.10. The van der Waals surface area contributed by atoms with Crippen LogP contribution in [0.5, 0.6) is 0 Å². The van der Waals surface area contributed by atoms with Gasteiger partial charge in [0.15, 0.2) is 0 Å². The normalized spacial score (nSPS) is 19.6. The monoisotopic (exact) mass is 238 g/mol. The molecule has 3 nitrogen and oxygen atoms in total. The van der Waals surface area contributed by atoms with Crippen LogP contribution < -0.4 is 5.73 Å². The number of hydrogen-bond acceptors (Lipinski definition) is 4. The van der Waals surface area contributed by atoms with E-state index in [1.165, 1.54) is 11.5 Å². The van der Waals surface area contributed by atoms with Gasteiger partial charge < -0.3 is 10.8 Å². The van der Waals surface area contributed by atoms with Gasteiger partial charge in [-0.25, -0.2) is 0 Å². The third-order valence-electron chi connectivity index (χ3n) is 2.83. The van der Waals surface area contributed by atoms with Crippen molar-refractivity contribution in [2.24, 2.45) is 0 Å².